The minimum Gasteiger partial charge on any atom is -0.493 e. The van der Waals surface area contributed by atoms with Crippen LogP contribution in [0.25, 0.3) is 10.6 Å². The SMILES string of the molecule is C[C@](N)(COP(=O)(O)O)c1nnc(-c2ccc(OCCCCCc3ccc(C(F)(F)F)cc3)c(C(F)(F)F)c2)s1. The molecule has 8 nitrogen and oxygen atoms in total. The maximum absolute atomic E-state index is 13.8. The summed E-state index contributed by atoms with van der Waals surface area (Å²) in [6.45, 7) is 0.787. The van der Waals surface area contributed by atoms with Gasteiger partial charge in [0.05, 0.1) is 29.9 Å². The lowest BCUT2D eigenvalue weighted by molar-refractivity contribution is -0.139. The summed E-state index contributed by atoms with van der Waals surface area (Å²) in [6, 6.07) is 8.24. The average Bonchev–Trinajstić information content (AvgIpc) is 3.35. The standard InChI is InChI=1S/C24H26F6N3O5PS/c1-22(31,14-38-39(34,35)36)21-33-32-20(40-21)16-8-11-19(18(13-16)24(28,29)30)37-12-4-2-3-5-15-6-9-17(10-7-15)23(25,26)27/h6-11,13H,2-5,12,14,31H2,1H3,(H2,34,35,36)/t22-/m0/s1. The van der Waals surface area contributed by atoms with Crippen LogP contribution in [0.1, 0.15) is 47.9 Å². The lowest BCUT2D eigenvalue weighted by Gasteiger charge is -2.21. The van der Waals surface area contributed by atoms with Crippen molar-refractivity contribution < 1.29 is 50.0 Å². The third-order valence-electron chi connectivity index (χ3n) is 5.63. The van der Waals surface area contributed by atoms with E-state index in [1.807, 2.05) is 0 Å². The predicted octanol–water partition coefficient (Wildman–Crippen LogP) is 6.32. The normalized spacial score (nSPS) is 14.2. The first kappa shape index (κ1) is 32.0. The summed E-state index contributed by atoms with van der Waals surface area (Å²) in [4.78, 5) is 17.8. The molecule has 1 atom stereocenters. The highest BCUT2D eigenvalue weighted by Crippen LogP contribution is 2.41. The van der Waals surface area contributed by atoms with E-state index in [4.69, 9.17) is 20.3 Å². The van der Waals surface area contributed by atoms with Gasteiger partial charge in [-0.15, -0.1) is 10.2 Å². The van der Waals surface area contributed by atoms with Crippen LogP contribution in [0.2, 0.25) is 0 Å². The summed E-state index contributed by atoms with van der Waals surface area (Å²) in [5, 5.41) is 7.90. The van der Waals surface area contributed by atoms with Crippen molar-refractivity contribution in [1.82, 2.24) is 10.2 Å². The molecule has 1 heterocycles. The van der Waals surface area contributed by atoms with E-state index in [9.17, 15) is 30.9 Å². The molecule has 0 radical (unpaired) electrons. The summed E-state index contributed by atoms with van der Waals surface area (Å²) in [5.41, 5.74) is 3.61. The minimum atomic E-state index is -4.80. The van der Waals surface area contributed by atoms with E-state index in [1.54, 1.807) is 0 Å². The van der Waals surface area contributed by atoms with Gasteiger partial charge in [0, 0.05) is 5.56 Å². The fourth-order valence-corrected chi connectivity index (χ4v) is 4.83. The zero-order valence-corrected chi connectivity index (χ0v) is 22.7. The fraction of sp³-hybridized carbons (Fsp3) is 0.417. The molecule has 0 saturated heterocycles. The summed E-state index contributed by atoms with van der Waals surface area (Å²) >= 11 is 0.852. The monoisotopic (exact) mass is 613 g/mol. The van der Waals surface area contributed by atoms with E-state index >= 15 is 0 Å². The van der Waals surface area contributed by atoms with Gasteiger partial charge in [-0.1, -0.05) is 23.5 Å². The first-order valence-corrected chi connectivity index (χ1v) is 14.1. The number of halogens is 6. The van der Waals surface area contributed by atoms with Crippen LogP contribution in [0.3, 0.4) is 0 Å². The largest absolute Gasteiger partial charge is 0.493 e. The summed E-state index contributed by atoms with van der Waals surface area (Å²) in [6.07, 6.45) is -6.96. The van der Waals surface area contributed by atoms with E-state index in [0.29, 0.717) is 25.7 Å². The van der Waals surface area contributed by atoms with Gasteiger partial charge in [-0.3, -0.25) is 4.52 Å². The minimum absolute atomic E-state index is 0.00347. The second kappa shape index (κ2) is 12.5. The number of phosphoric acid groups is 1. The molecule has 40 heavy (non-hydrogen) atoms. The van der Waals surface area contributed by atoms with Crippen LogP contribution < -0.4 is 10.5 Å². The Morgan fingerprint density at radius 1 is 0.950 bits per heavy atom. The number of nitrogens with zero attached hydrogens (tertiary/aromatic N) is 2. The number of hydrogen-bond acceptors (Lipinski definition) is 7. The molecule has 16 heteroatoms. The molecule has 0 aliphatic heterocycles. The molecule has 0 aliphatic rings. The quantitative estimate of drug-likeness (QED) is 0.123. The van der Waals surface area contributed by atoms with Crippen LogP contribution in [0.4, 0.5) is 26.3 Å². The highest BCUT2D eigenvalue weighted by Gasteiger charge is 2.36. The number of unbranched alkanes of at least 4 members (excludes halogenated alkanes) is 2. The van der Waals surface area contributed by atoms with Crippen LogP contribution in [-0.2, 0) is 33.4 Å². The molecule has 220 valence electrons. The molecule has 0 spiro atoms. The number of aromatic nitrogens is 2. The van der Waals surface area contributed by atoms with Crippen molar-refractivity contribution in [2.24, 2.45) is 5.73 Å². The molecule has 0 aliphatic carbocycles. The molecule has 0 saturated carbocycles. The van der Waals surface area contributed by atoms with Crippen molar-refractivity contribution in [3.63, 3.8) is 0 Å². The summed E-state index contributed by atoms with van der Waals surface area (Å²) in [5.74, 6) is -0.373. The van der Waals surface area contributed by atoms with Crippen LogP contribution in [-0.4, -0.2) is 33.2 Å². The Labute approximate surface area is 229 Å². The molecule has 0 bridgehead atoms. The van der Waals surface area contributed by atoms with Gasteiger partial charge in [-0.2, -0.15) is 26.3 Å². The Kier molecular flexibility index (Phi) is 10.0. The average molecular weight is 614 g/mol. The third kappa shape index (κ3) is 9.25. The van der Waals surface area contributed by atoms with Gasteiger partial charge < -0.3 is 20.3 Å². The summed E-state index contributed by atoms with van der Waals surface area (Å²) in [7, 11) is -4.80. The van der Waals surface area contributed by atoms with Crippen LogP contribution >= 0.6 is 19.2 Å². The Balaban J connectivity index is 1.59. The molecular formula is C24H26F6N3O5PS. The highest BCUT2D eigenvalue weighted by molar-refractivity contribution is 7.46. The van der Waals surface area contributed by atoms with Crippen LogP contribution in [0, 0.1) is 0 Å². The van der Waals surface area contributed by atoms with Crippen molar-refractivity contribution in [2.75, 3.05) is 13.2 Å². The fourth-order valence-electron chi connectivity index (χ4n) is 3.51. The topological polar surface area (TPSA) is 128 Å². The molecule has 3 rings (SSSR count). The Morgan fingerprint density at radius 3 is 2.23 bits per heavy atom. The molecule has 0 fully saturated rings. The molecule has 2 aromatic carbocycles. The highest BCUT2D eigenvalue weighted by atomic mass is 32.1. The van der Waals surface area contributed by atoms with E-state index in [1.165, 1.54) is 31.2 Å². The van der Waals surface area contributed by atoms with Crippen molar-refractivity contribution in [2.45, 2.75) is 50.5 Å². The lowest BCUT2D eigenvalue weighted by Crippen LogP contribution is -2.37. The maximum atomic E-state index is 13.8. The first-order chi connectivity index (χ1) is 18.5. The van der Waals surface area contributed by atoms with Crippen molar-refractivity contribution in [3.8, 4) is 16.3 Å². The third-order valence-corrected chi connectivity index (χ3v) is 7.34. The number of benzene rings is 2. The van der Waals surface area contributed by atoms with E-state index in [2.05, 4.69) is 14.7 Å². The molecule has 0 unspecified atom stereocenters. The van der Waals surface area contributed by atoms with Gasteiger partial charge in [0.1, 0.15) is 15.8 Å². The number of hydrogen-bond donors (Lipinski definition) is 3. The van der Waals surface area contributed by atoms with Gasteiger partial charge in [0.15, 0.2) is 0 Å². The second-order valence-corrected chi connectivity index (χ2v) is 11.4. The Bertz CT molecular complexity index is 1330. The number of phosphoric ester groups is 1. The smallest absolute Gasteiger partial charge is 0.469 e. The molecule has 0 amide bonds. The van der Waals surface area contributed by atoms with Crippen molar-refractivity contribution in [1.29, 1.82) is 0 Å². The Hall–Kier alpha value is -2.55. The lowest BCUT2D eigenvalue weighted by atomic mass is 10.1. The van der Waals surface area contributed by atoms with Gasteiger partial charge in [-0.05, 0) is 68.5 Å². The van der Waals surface area contributed by atoms with Gasteiger partial charge in [0.25, 0.3) is 0 Å². The van der Waals surface area contributed by atoms with Crippen molar-refractivity contribution in [3.05, 3.63) is 64.2 Å². The molecular weight excluding hydrogens is 587 g/mol. The number of rotatable bonds is 12. The zero-order chi connectivity index (χ0) is 29.8. The van der Waals surface area contributed by atoms with Crippen LogP contribution in [0.5, 0.6) is 5.75 Å². The molecule has 4 N–H and O–H groups in total. The van der Waals surface area contributed by atoms with Crippen LogP contribution in [0.15, 0.2) is 42.5 Å². The number of aryl methyl sites for hydroxylation is 1. The number of alkyl halides is 6. The summed E-state index contributed by atoms with van der Waals surface area (Å²) < 4.78 is 100. The zero-order valence-electron chi connectivity index (χ0n) is 21.0. The van der Waals surface area contributed by atoms with Crippen molar-refractivity contribution >= 4 is 19.2 Å². The van der Waals surface area contributed by atoms with E-state index in [-0.39, 0.29) is 27.9 Å². The predicted molar refractivity (Wildman–Crippen MR) is 134 cm³/mol. The first-order valence-electron chi connectivity index (χ1n) is 11.8. The Morgan fingerprint density at radius 2 is 1.62 bits per heavy atom. The number of ether oxygens (including phenoxy) is 1. The molecule has 3 aromatic rings. The maximum Gasteiger partial charge on any atom is 0.469 e. The molecule has 1 aromatic heterocycles. The number of nitrogens with two attached hydrogens (primary N) is 1. The van der Waals surface area contributed by atoms with E-state index in [0.717, 1.165) is 35.1 Å². The van der Waals surface area contributed by atoms with Gasteiger partial charge in [-0.25, -0.2) is 4.57 Å². The second-order valence-electron chi connectivity index (χ2n) is 9.16. The van der Waals surface area contributed by atoms with Gasteiger partial charge in [0.2, 0.25) is 0 Å². The van der Waals surface area contributed by atoms with Gasteiger partial charge >= 0.3 is 20.2 Å². The van der Waals surface area contributed by atoms with E-state index < -0.39 is 43.4 Å².